The van der Waals surface area contributed by atoms with Gasteiger partial charge >= 0.3 is 0 Å². The number of nitrogens with two attached hydrogens (primary N) is 1. The van der Waals surface area contributed by atoms with E-state index in [4.69, 9.17) is 11.1 Å². The van der Waals surface area contributed by atoms with E-state index in [0.717, 1.165) is 11.8 Å². The van der Waals surface area contributed by atoms with E-state index in [1.165, 1.54) is 0 Å². The lowest BCUT2D eigenvalue weighted by Crippen LogP contribution is -2.19. The standard InChI is InChI=1S/C4H9N3O2S.BrH/c1-2-3(7(8)9)10-4(5)6;/h3H,2H2,1H3,(H3,5,6);1H. The van der Waals surface area contributed by atoms with Crippen LogP contribution in [0.25, 0.3) is 0 Å². The lowest BCUT2D eigenvalue weighted by molar-refractivity contribution is -0.495. The van der Waals surface area contributed by atoms with E-state index < -0.39 is 10.3 Å². The highest BCUT2D eigenvalue weighted by Gasteiger charge is 2.18. The Balaban J connectivity index is 0. The van der Waals surface area contributed by atoms with Crippen LogP contribution in [0.1, 0.15) is 13.3 Å². The number of nitrogens with zero attached hydrogens (tertiary/aromatic N) is 1. The van der Waals surface area contributed by atoms with Crippen LogP contribution >= 0.6 is 28.7 Å². The Kier molecular flexibility index (Phi) is 7.75. The van der Waals surface area contributed by atoms with E-state index in [1.54, 1.807) is 6.92 Å². The quantitative estimate of drug-likeness (QED) is 0.256. The minimum absolute atomic E-state index is 0. The van der Waals surface area contributed by atoms with Crippen LogP contribution in [-0.4, -0.2) is 15.5 Å². The smallest absolute Gasteiger partial charge is 0.265 e. The second kappa shape index (κ2) is 6.41. The van der Waals surface area contributed by atoms with Gasteiger partial charge in [-0.25, -0.2) is 0 Å². The molecule has 3 N–H and O–H groups in total. The Labute approximate surface area is 79.1 Å². The molecule has 0 amide bonds. The summed E-state index contributed by atoms with van der Waals surface area (Å²) in [4.78, 5) is 9.66. The predicted molar refractivity (Wildman–Crippen MR) is 50.9 cm³/mol. The van der Waals surface area contributed by atoms with Crippen molar-refractivity contribution in [2.45, 2.75) is 18.7 Å². The van der Waals surface area contributed by atoms with E-state index in [2.05, 4.69) is 0 Å². The molecule has 5 nitrogen and oxygen atoms in total. The minimum Gasteiger partial charge on any atom is -0.379 e. The topological polar surface area (TPSA) is 93.0 Å². The third-order valence-corrected chi connectivity index (χ3v) is 1.88. The van der Waals surface area contributed by atoms with Gasteiger partial charge in [-0.2, -0.15) is 0 Å². The molecule has 11 heavy (non-hydrogen) atoms. The molecule has 0 spiro atoms. The molecule has 0 aliphatic rings. The lowest BCUT2D eigenvalue weighted by atomic mass is 10.5. The molecule has 0 fully saturated rings. The molecule has 0 aromatic heterocycles. The summed E-state index contributed by atoms with van der Waals surface area (Å²) < 4.78 is 0. The van der Waals surface area contributed by atoms with Crippen molar-refractivity contribution in [3.05, 3.63) is 10.1 Å². The zero-order valence-electron chi connectivity index (χ0n) is 5.94. The van der Waals surface area contributed by atoms with Crippen LogP contribution in [0.15, 0.2) is 0 Å². The fourth-order valence-electron chi connectivity index (χ4n) is 0.422. The van der Waals surface area contributed by atoms with Crippen molar-refractivity contribution in [3.8, 4) is 0 Å². The van der Waals surface area contributed by atoms with Crippen LogP contribution in [0.2, 0.25) is 0 Å². The van der Waals surface area contributed by atoms with Crippen molar-refractivity contribution in [2.75, 3.05) is 0 Å². The average Bonchev–Trinajstić information content (AvgIpc) is 1.81. The van der Waals surface area contributed by atoms with Gasteiger partial charge in [0.05, 0.1) is 0 Å². The predicted octanol–water partition coefficient (Wildman–Crippen LogP) is 1.20. The molecule has 0 heterocycles. The summed E-state index contributed by atoms with van der Waals surface area (Å²) in [6.07, 6.45) is 0.386. The first-order valence-corrected chi connectivity index (χ1v) is 3.60. The molecule has 0 radical (unpaired) electrons. The molecule has 0 bridgehead atoms. The molecule has 0 rings (SSSR count). The van der Waals surface area contributed by atoms with Gasteiger partial charge in [0.1, 0.15) is 0 Å². The summed E-state index contributed by atoms with van der Waals surface area (Å²) in [5.41, 5.74) is 4.95. The highest BCUT2D eigenvalue weighted by Crippen LogP contribution is 2.13. The second-order valence-electron chi connectivity index (χ2n) is 1.63. The molecule has 0 aliphatic carbocycles. The number of nitro groups is 1. The van der Waals surface area contributed by atoms with Crippen LogP contribution in [0.3, 0.4) is 0 Å². The van der Waals surface area contributed by atoms with Gasteiger partial charge in [0.2, 0.25) is 0 Å². The molecule has 0 aromatic carbocycles. The Bertz CT molecular complexity index is 154. The normalized spacial score (nSPS) is 11.4. The number of amidine groups is 1. The SMILES string of the molecule is Br.CCC(SC(=N)N)[N+](=O)[O-]. The Morgan fingerprint density at radius 1 is 1.91 bits per heavy atom. The van der Waals surface area contributed by atoms with Gasteiger partial charge in [-0.05, 0) is 11.8 Å². The first-order chi connectivity index (χ1) is 4.57. The van der Waals surface area contributed by atoms with Crippen LogP contribution in [0.4, 0.5) is 0 Å². The summed E-state index contributed by atoms with van der Waals surface area (Å²) in [6, 6.07) is 0. The number of hydrogen-bond donors (Lipinski definition) is 2. The van der Waals surface area contributed by atoms with E-state index in [1.807, 2.05) is 0 Å². The molecule has 0 saturated carbocycles. The summed E-state index contributed by atoms with van der Waals surface area (Å²) in [5.74, 6) is 0. The first-order valence-electron chi connectivity index (χ1n) is 2.72. The van der Waals surface area contributed by atoms with E-state index in [9.17, 15) is 10.1 Å². The van der Waals surface area contributed by atoms with Crippen molar-refractivity contribution < 1.29 is 4.92 Å². The van der Waals surface area contributed by atoms with Crippen LogP contribution < -0.4 is 5.73 Å². The highest BCUT2D eigenvalue weighted by atomic mass is 79.9. The molecule has 1 atom stereocenters. The maximum Gasteiger partial charge on any atom is 0.265 e. The van der Waals surface area contributed by atoms with Crippen molar-refractivity contribution in [1.29, 1.82) is 5.41 Å². The number of thioether (sulfide) groups is 1. The maximum absolute atomic E-state index is 10.1. The number of halogens is 1. The summed E-state index contributed by atoms with van der Waals surface area (Å²) in [7, 11) is 0. The highest BCUT2D eigenvalue weighted by molar-refractivity contribution is 8.93. The molecule has 66 valence electrons. The third-order valence-electron chi connectivity index (χ3n) is 0.847. The molecular weight excluding hydrogens is 234 g/mol. The first kappa shape index (κ1) is 13.3. The maximum atomic E-state index is 10.1. The fraction of sp³-hybridized carbons (Fsp3) is 0.750. The monoisotopic (exact) mass is 243 g/mol. The van der Waals surface area contributed by atoms with Gasteiger partial charge in [-0.1, -0.05) is 6.92 Å². The van der Waals surface area contributed by atoms with Gasteiger partial charge in [0, 0.05) is 11.3 Å². The van der Waals surface area contributed by atoms with Crippen molar-refractivity contribution in [3.63, 3.8) is 0 Å². The number of nitrogens with one attached hydrogen (secondary N) is 1. The average molecular weight is 244 g/mol. The fourth-order valence-corrected chi connectivity index (χ4v) is 0.968. The van der Waals surface area contributed by atoms with Gasteiger partial charge < -0.3 is 5.73 Å². The molecule has 0 saturated heterocycles. The van der Waals surface area contributed by atoms with Crippen molar-refractivity contribution >= 4 is 33.9 Å². The minimum atomic E-state index is -0.766. The molecular formula is C4H10BrN3O2S. The van der Waals surface area contributed by atoms with E-state index in [0.29, 0.717) is 6.42 Å². The van der Waals surface area contributed by atoms with Crippen LogP contribution in [0.5, 0.6) is 0 Å². The molecule has 1 unspecified atom stereocenters. The summed E-state index contributed by atoms with van der Waals surface area (Å²) in [6.45, 7) is 1.68. The largest absolute Gasteiger partial charge is 0.379 e. The van der Waals surface area contributed by atoms with E-state index in [-0.39, 0.29) is 22.1 Å². The number of hydrogen-bond acceptors (Lipinski definition) is 4. The van der Waals surface area contributed by atoms with Crippen molar-refractivity contribution in [1.82, 2.24) is 0 Å². The molecule has 0 aliphatic heterocycles. The molecule has 0 aromatic rings. The van der Waals surface area contributed by atoms with Gasteiger partial charge in [-0.3, -0.25) is 15.5 Å². The number of rotatable bonds is 3. The lowest BCUT2D eigenvalue weighted by Gasteiger charge is -2.02. The Morgan fingerprint density at radius 3 is 2.45 bits per heavy atom. The van der Waals surface area contributed by atoms with Crippen molar-refractivity contribution in [2.24, 2.45) is 5.73 Å². The van der Waals surface area contributed by atoms with E-state index >= 15 is 0 Å². The van der Waals surface area contributed by atoms with Gasteiger partial charge in [-0.15, -0.1) is 17.0 Å². The zero-order chi connectivity index (χ0) is 8.15. The van der Waals surface area contributed by atoms with Gasteiger partial charge in [0.25, 0.3) is 5.37 Å². The van der Waals surface area contributed by atoms with Crippen LogP contribution in [-0.2, 0) is 0 Å². The third kappa shape index (κ3) is 6.11. The Morgan fingerprint density at radius 2 is 2.36 bits per heavy atom. The summed E-state index contributed by atoms with van der Waals surface area (Å²) >= 11 is 0.770. The zero-order valence-corrected chi connectivity index (χ0v) is 8.47. The van der Waals surface area contributed by atoms with Crippen LogP contribution in [0, 0.1) is 15.5 Å². The van der Waals surface area contributed by atoms with Gasteiger partial charge in [0.15, 0.2) is 5.17 Å². The molecule has 7 heteroatoms. The Hall–Kier alpha value is -0.300. The second-order valence-corrected chi connectivity index (χ2v) is 2.85. The summed E-state index contributed by atoms with van der Waals surface area (Å²) in [5, 5.41) is 15.9.